The molecule has 8 aromatic rings. The Morgan fingerprint density at radius 3 is 1.16 bits per heavy atom. The van der Waals surface area contributed by atoms with Crippen LogP contribution in [0.5, 0.6) is 0 Å². The molecule has 0 saturated heterocycles. The van der Waals surface area contributed by atoms with E-state index in [1.165, 1.54) is 69.4 Å². The number of rotatable bonds is 15. The largest absolute Gasteiger partial charge is 0.476 e. The van der Waals surface area contributed by atoms with E-state index in [1.54, 1.807) is 82.3 Å². The highest BCUT2D eigenvalue weighted by Gasteiger charge is 2.21. The van der Waals surface area contributed by atoms with E-state index in [9.17, 15) is 43.2 Å². The minimum absolute atomic E-state index is 0.0324. The number of aromatic carboxylic acids is 1. The van der Waals surface area contributed by atoms with Gasteiger partial charge in [-0.25, -0.2) is 24.0 Å². The van der Waals surface area contributed by atoms with Gasteiger partial charge in [-0.2, -0.15) is 0 Å². The van der Waals surface area contributed by atoms with Crippen molar-refractivity contribution in [2.75, 3.05) is 26.4 Å². The number of furan rings is 5. The smallest absolute Gasteiger partial charge is 0.417 e. The average Bonchev–Trinajstić information content (AvgIpc) is 4.24. The van der Waals surface area contributed by atoms with Crippen molar-refractivity contribution in [1.82, 2.24) is 15.5 Å². The van der Waals surface area contributed by atoms with Gasteiger partial charge < -0.3 is 59.7 Å². The minimum atomic E-state index is -1.12. The first-order valence-corrected chi connectivity index (χ1v) is 21.6. The van der Waals surface area contributed by atoms with Crippen LogP contribution in [0.15, 0.2) is 146 Å². The number of hydrogen-bond donors (Lipinski definition) is 1. The molecule has 1 N–H and O–H groups in total. The lowest BCUT2D eigenvalue weighted by Gasteiger charge is -1.99. The van der Waals surface area contributed by atoms with Crippen LogP contribution in [-0.2, 0) is 38.1 Å². The van der Waals surface area contributed by atoms with E-state index in [0.29, 0.717) is 52.6 Å². The Morgan fingerprint density at radius 2 is 0.824 bits per heavy atom. The third-order valence-electron chi connectivity index (χ3n) is 8.09. The second kappa shape index (κ2) is 31.3. The van der Waals surface area contributed by atoms with Crippen LogP contribution in [0, 0.1) is 0 Å². The maximum absolute atomic E-state index is 11.3. The highest BCUT2D eigenvalue weighted by molar-refractivity contribution is 6.38. The van der Waals surface area contributed by atoms with Crippen LogP contribution in [0.3, 0.4) is 0 Å². The molecule has 74 heavy (non-hydrogen) atoms. The summed E-state index contributed by atoms with van der Waals surface area (Å²) in [6, 6.07) is 20.9. The predicted molar refractivity (Wildman–Crippen MR) is 247 cm³/mol. The van der Waals surface area contributed by atoms with Gasteiger partial charge in [0.15, 0.2) is 51.8 Å². The Labute approximate surface area is 418 Å². The first-order chi connectivity index (χ1) is 35.5. The fraction of sp³-hybridized carbons (Fsp3) is 0.224. The number of ether oxygens (including phenoxy) is 4. The number of aromatic nitrogens is 3. The molecule has 0 spiro atoms. The van der Waals surface area contributed by atoms with Crippen LogP contribution in [0.1, 0.15) is 101 Å². The Morgan fingerprint density at radius 1 is 0.446 bits per heavy atom. The molecule has 25 heteroatoms. The first kappa shape index (κ1) is 58.4. The number of ketones is 4. The third-order valence-corrected chi connectivity index (χ3v) is 8.09. The van der Waals surface area contributed by atoms with Gasteiger partial charge in [0, 0.05) is 32.0 Å². The lowest BCUT2D eigenvalue weighted by Crippen LogP contribution is -2.20. The van der Waals surface area contributed by atoms with Crippen LogP contribution >= 0.6 is 0 Å². The summed E-state index contributed by atoms with van der Waals surface area (Å²) >= 11 is 0. The van der Waals surface area contributed by atoms with Crippen molar-refractivity contribution in [3.63, 3.8) is 0 Å². The number of carboxylic acids is 1. The molecule has 8 aromatic heterocycles. The van der Waals surface area contributed by atoms with Crippen molar-refractivity contribution < 1.29 is 103 Å². The molecular formula is C49H47N3O22. The summed E-state index contributed by atoms with van der Waals surface area (Å²) in [5.74, 6) is -2.80. The number of esters is 4. The number of carbonyl (C=O) groups is 9. The summed E-state index contributed by atoms with van der Waals surface area (Å²) in [7, 11) is 0. The van der Waals surface area contributed by atoms with Gasteiger partial charge in [-0.3, -0.25) is 19.2 Å². The van der Waals surface area contributed by atoms with Crippen LogP contribution in [0.4, 0.5) is 0 Å². The molecule has 0 radical (unpaired) electrons. The van der Waals surface area contributed by atoms with Gasteiger partial charge in [-0.15, -0.1) is 0 Å². The summed E-state index contributed by atoms with van der Waals surface area (Å²) in [6.07, 6.45) is 6.80. The summed E-state index contributed by atoms with van der Waals surface area (Å²) < 4.78 is 57.2. The zero-order valence-electron chi connectivity index (χ0n) is 40.3. The lowest BCUT2D eigenvalue weighted by molar-refractivity contribution is -0.167. The summed E-state index contributed by atoms with van der Waals surface area (Å²) in [5, 5.41) is 19.0. The lowest BCUT2D eigenvalue weighted by atomic mass is 10.1. The molecule has 0 aliphatic carbocycles. The monoisotopic (exact) mass is 1030 g/mol. The van der Waals surface area contributed by atoms with Crippen molar-refractivity contribution in [2.45, 2.75) is 48.0 Å². The molecule has 0 saturated carbocycles. The number of nitrogens with zero attached hydrogens (tertiary/aromatic N) is 3. The Hall–Kier alpha value is -9.94. The van der Waals surface area contributed by atoms with Crippen molar-refractivity contribution in [3.8, 4) is 34.6 Å². The van der Waals surface area contributed by atoms with E-state index < -0.39 is 47.8 Å². The molecule has 25 nitrogen and oxygen atoms in total. The van der Waals surface area contributed by atoms with Gasteiger partial charge >= 0.3 is 29.8 Å². The van der Waals surface area contributed by atoms with E-state index >= 15 is 0 Å². The highest BCUT2D eigenvalue weighted by Crippen LogP contribution is 2.22. The van der Waals surface area contributed by atoms with E-state index in [0.717, 1.165) is 0 Å². The number of Topliss-reactive ketones (excluding diaryl/α,β-unsaturated/α-hetero) is 4. The molecule has 8 rings (SSSR count). The maximum Gasteiger partial charge on any atom is 0.417 e. The summed E-state index contributed by atoms with van der Waals surface area (Å²) in [5.41, 5.74) is 0.320. The highest BCUT2D eigenvalue weighted by atomic mass is 16.6. The normalized spacial score (nSPS) is 9.76. The van der Waals surface area contributed by atoms with Gasteiger partial charge in [-0.1, -0.05) is 15.5 Å². The van der Waals surface area contributed by atoms with Crippen molar-refractivity contribution in [3.05, 3.63) is 139 Å². The third kappa shape index (κ3) is 19.8. The van der Waals surface area contributed by atoms with E-state index in [2.05, 4.69) is 29.7 Å². The molecule has 8 heterocycles. The molecule has 0 aromatic carbocycles. The second-order valence-corrected chi connectivity index (χ2v) is 13.4. The van der Waals surface area contributed by atoms with E-state index in [1.807, 2.05) is 0 Å². The molecule has 0 aliphatic heterocycles. The van der Waals surface area contributed by atoms with E-state index in [4.69, 9.17) is 45.5 Å². The molecule has 0 bridgehead atoms. The van der Waals surface area contributed by atoms with Crippen molar-refractivity contribution in [1.29, 1.82) is 0 Å². The quantitative estimate of drug-likeness (QED) is 0.0330. The number of carbonyl (C=O) groups excluding carboxylic acids is 8. The topological polar surface area (TPSA) is 355 Å². The summed E-state index contributed by atoms with van der Waals surface area (Å²) in [6.45, 7) is 10.3. The molecular weight excluding hydrogens is 983 g/mol. The Bertz CT molecular complexity index is 2850. The molecule has 0 atom stereocenters. The Balaban J connectivity index is 0.000000237. The molecule has 0 fully saturated rings. The number of hydrogen-bond acceptors (Lipinski definition) is 24. The van der Waals surface area contributed by atoms with Gasteiger partial charge in [0.05, 0.1) is 64.2 Å². The zero-order valence-corrected chi connectivity index (χ0v) is 40.3. The molecule has 390 valence electrons. The fourth-order valence-electron chi connectivity index (χ4n) is 4.81. The minimum Gasteiger partial charge on any atom is -0.476 e. The van der Waals surface area contributed by atoms with Gasteiger partial charge in [0.25, 0.3) is 0 Å². The standard InChI is InChI=1S/C10H9NO4.C10H10O5.C9H7NO3.C8H5NO4.C6H10O4.C6H6O2/c1-2-13-10(12)7-6-9(15-11-7)8-4-3-5-14-8;1-2-14-10(13)8(12)6-7(11)9-4-3-5-15-9;1-6(11)7-5-9(13-10-7)8-3-2-4-12-8;10-8(11)5-4-7(13-9-5)6-2-1-3-12-6;1-3-9-5(7)6(8)10-4-2;1-5(7)6-3-2-4-8-6/h3-6H,2H2,1H3;3-5H,2,6H2,1H3;2-5H,1H3;1-4H,(H,10,11);3-4H2,1-2H3;2-4H,1H3. The SMILES string of the molecule is CC(=O)c1cc(-c2ccco2)on1.CC(=O)c1ccco1.CCOC(=O)C(=O)CC(=O)c1ccco1.CCOC(=O)C(=O)OCC.CCOC(=O)c1cc(-c2ccco2)on1.O=C(O)c1cc(-c2ccco2)on1. The predicted octanol–water partition coefficient (Wildman–Crippen LogP) is 8.46. The maximum atomic E-state index is 11.3. The molecule has 0 amide bonds. The van der Waals surface area contributed by atoms with E-state index in [-0.39, 0.29) is 48.5 Å². The molecule has 0 aliphatic rings. The second-order valence-electron chi connectivity index (χ2n) is 13.4. The van der Waals surface area contributed by atoms with Gasteiger partial charge in [-0.05, 0) is 88.4 Å². The average molecular weight is 1030 g/mol. The van der Waals surface area contributed by atoms with Gasteiger partial charge in [0.1, 0.15) is 5.69 Å². The number of carboxylic acid groups (broad SMARTS) is 1. The fourth-order valence-corrected chi connectivity index (χ4v) is 4.81. The molecule has 0 unspecified atom stereocenters. The van der Waals surface area contributed by atoms with Crippen LogP contribution in [0.2, 0.25) is 0 Å². The van der Waals surface area contributed by atoms with Crippen molar-refractivity contribution in [2.24, 2.45) is 0 Å². The summed E-state index contributed by atoms with van der Waals surface area (Å²) in [4.78, 5) is 97.1. The zero-order chi connectivity index (χ0) is 54.4. The van der Waals surface area contributed by atoms with Gasteiger partial charge in [0.2, 0.25) is 28.8 Å². The van der Waals surface area contributed by atoms with Crippen molar-refractivity contribution >= 4 is 53.0 Å². The van der Waals surface area contributed by atoms with Crippen LogP contribution in [0.25, 0.3) is 34.6 Å². The van der Waals surface area contributed by atoms with Crippen LogP contribution in [-0.4, -0.2) is 100.0 Å². The Kier molecular flexibility index (Phi) is 24.7. The van der Waals surface area contributed by atoms with Crippen LogP contribution < -0.4 is 0 Å². The first-order valence-electron chi connectivity index (χ1n) is 21.6.